The Balaban J connectivity index is 3.15. The molecular formula is C18H24O8Se4. The van der Waals surface area contributed by atoms with Gasteiger partial charge >= 0.3 is 202 Å². The third kappa shape index (κ3) is 8.52. The Labute approximate surface area is 201 Å². The molecule has 0 spiro atoms. The summed E-state index contributed by atoms with van der Waals surface area (Å²) in [6.07, 6.45) is 1.51. The standard InChI is InChI=1S/C18H24O8Se4/c1-23-15(19)11-12(16(20)24-2)28-8-6-10-30-14(18(22)26-4)13(17(21)25-3)29-9-5-7-27-11/h5-10H2,1-4H3/b12-11+,14-13+. The van der Waals surface area contributed by atoms with E-state index < -0.39 is 23.9 Å². The summed E-state index contributed by atoms with van der Waals surface area (Å²) in [5.41, 5.74) is 0. The zero-order chi connectivity index (χ0) is 22.5. The van der Waals surface area contributed by atoms with E-state index in [9.17, 15) is 19.2 Å². The molecule has 1 rings (SSSR count). The molecule has 1 aliphatic rings. The van der Waals surface area contributed by atoms with Gasteiger partial charge in [0.1, 0.15) is 0 Å². The van der Waals surface area contributed by atoms with Crippen molar-refractivity contribution in [2.45, 2.75) is 34.1 Å². The van der Waals surface area contributed by atoms with E-state index in [0.717, 1.165) is 12.8 Å². The van der Waals surface area contributed by atoms with Crippen LogP contribution in [0.5, 0.6) is 0 Å². The van der Waals surface area contributed by atoms with Gasteiger partial charge < -0.3 is 0 Å². The Kier molecular flexibility index (Phi) is 14.0. The monoisotopic (exact) mass is 688 g/mol. The van der Waals surface area contributed by atoms with Crippen molar-refractivity contribution < 1.29 is 38.1 Å². The Morgan fingerprint density at radius 1 is 0.500 bits per heavy atom. The third-order valence-corrected chi connectivity index (χ3v) is 14.4. The van der Waals surface area contributed by atoms with E-state index in [4.69, 9.17) is 18.9 Å². The average Bonchev–Trinajstić information content (AvgIpc) is 2.77. The van der Waals surface area contributed by atoms with Crippen molar-refractivity contribution in [1.29, 1.82) is 0 Å². The molecule has 12 heteroatoms. The van der Waals surface area contributed by atoms with Gasteiger partial charge in [0.2, 0.25) is 0 Å². The molecule has 168 valence electrons. The average molecular weight is 684 g/mol. The molecule has 0 atom stereocenters. The summed E-state index contributed by atoms with van der Waals surface area (Å²) in [6.45, 7) is 0. The van der Waals surface area contributed by atoms with Crippen LogP contribution in [0.4, 0.5) is 0 Å². The molecule has 0 bridgehead atoms. The molecule has 0 fully saturated rings. The molecule has 0 saturated heterocycles. The molecule has 1 aliphatic heterocycles. The molecule has 30 heavy (non-hydrogen) atoms. The van der Waals surface area contributed by atoms with Crippen molar-refractivity contribution in [1.82, 2.24) is 0 Å². The van der Waals surface area contributed by atoms with Gasteiger partial charge in [0.25, 0.3) is 0 Å². The minimum absolute atomic E-state index is 0.247. The van der Waals surface area contributed by atoms with E-state index in [2.05, 4.69) is 0 Å². The fraction of sp³-hybridized carbons (Fsp3) is 0.556. The van der Waals surface area contributed by atoms with Gasteiger partial charge in [0.05, 0.1) is 0 Å². The number of hydrogen-bond acceptors (Lipinski definition) is 8. The Morgan fingerprint density at radius 3 is 0.867 bits per heavy atom. The Morgan fingerprint density at radius 2 is 0.700 bits per heavy atom. The SMILES string of the molecule is COC(=O)/C1=C(/C(=O)OC)[Se]CCC[Se]/C(C(=O)OC)=C(\C(=O)OC)[Se]CCC[Se]1. The van der Waals surface area contributed by atoms with Crippen LogP contribution in [-0.2, 0) is 38.1 Å². The number of esters is 4. The number of hydrogen-bond donors (Lipinski definition) is 0. The molecule has 0 saturated carbocycles. The first-order chi connectivity index (χ1) is 14.4. The van der Waals surface area contributed by atoms with Crippen LogP contribution in [0.15, 0.2) is 17.9 Å². The van der Waals surface area contributed by atoms with Crippen LogP contribution >= 0.6 is 0 Å². The van der Waals surface area contributed by atoms with Crippen LogP contribution in [0.2, 0.25) is 21.3 Å². The summed E-state index contributed by atoms with van der Waals surface area (Å²) >= 11 is -0.989. The molecule has 0 amide bonds. The summed E-state index contributed by atoms with van der Waals surface area (Å²) in [7, 11) is 5.25. The van der Waals surface area contributed by atoms with Gasteiger partial charge in [0.15, 0.2) is 0 Å². The van der Waals surface area contributed by atoms with Gasteiger partial charge in [-0.1, -0.05) is 0 Å². The van der Waals surface area contributed by atoms with Gasteiger partial charge in [-0.2, -0.15) is 0 Å². The molecule has 1 heterocycles. The van der Waals surface area contributed by atoms with E-state index >= 15 is 0 Å². The Bertz CT molecular complexity index is 601. The number of methoxy groups -OCH3 is 4. The van der Waals surface area contributed by atoms with E-state index in [1.54, 1.807) is 0 Å². The third-order valence-electron chi connectivity index (χ3n) is 3.46. The first kappa shape index (κ1) is 27.5. The van der Waals surface area contributed by atoms with Crippen molar-refractivity contribution >= 4 is 83.7 Å². The number of rotatable bonds is 4. The Hall–Kier alpha value is -0.562. The fourth-order valence-electron chi connectivity index (χ4n) is 2.05. The van der Waals surface area contributed by atoms with E-state index in [0.29, 0.717) is 39.2 Å². The summed E-state index contributed by atoms with van der Waals surface area (Å²) < 4.78 is 21.4. The second kappa shape index (κ2) is 15.3. The second-order valence-electron chi connectivity index (χ2n) is 5.38. The molecule has 0 unspecified atom stereocenters. The quantitative estimate of drug-likeness (QED) is 0.238. The number of ether oxygens (including phenoxy) is 4. The van der Waals surface area contributed by atoms with E-state index in [1.807, 2.05) is 0 Å². The van der Waals surface area contributed by atoms with Crippen LogP contribution in [-0.4, -0.2) is 112 Å². The van der Waals surface area contributed by atoms with Gasteiger partial charge in [-0.25, -0.2) is 0 Å². The predicted octanol–water partition coefficient (Wildman–Crippen LogP) is 0.385. The molecule has 0 aliphatic carbocycles. The second-order valence-corrected chi connectivity index (χ2v) is 14.7. The molecule has 8 nitrogen and oxygen atoms in total. The van der Waals surface area contributed by atoms with Gasteiger partial charge in [0, 0.05) is 0 Å². The van der Waals surface area contributed by atoms with Crippen molar-refractivity contribution in [2.75, 3.05) is 28.4 Å². The maximum absolute atomic E-state index is 12.3. The molecule has 0 radical (unpaired) electrons. The molecule has 0 N–H and O–H groups in total. The molecule has 0 aromatic heterocycles. The number of carbonyl (C=O) groups is 4. The predicted molar refractivity (Wildman–Crippen MR) is 114 cm³/mol. The minimum atomic E-state index is -0.470. The van der Waals surface area contributed by atoms with Crippen LogP contribution in [0.25, 0.3) is 0 Å². The molecule has 0 aromatic carbocycles. The van der Waals surface area contributed by atoms with Crippen LogP contribution < -0.4 is 0 Å². The van der Waals surface area contributed by atoms with E-state index in [1.165, 1.54) is 28.4 Å². The summed E-state index contributed by atoms with van der Waals surface area (Å²) in [4.78, 5) is 49.2. The zero-order valence-electron chi connectivity index (χ0n) is 17.1. The van der Waals surface area contributed by atoms with E-state index in [-0.39, 0.29) is 59.8 Å². The first-order valence-corrected chi connectivity index (χ1v) is 17.0. The van der Waals surface area contributed by atoms with Crippen LogP contribution in [0.3, 0.4) is 0 Å². The number of carbonyl (C=O) groups excluding carboxylic acids is 4. The topological polar surface area (TPSA) is 105 Å². The van der Waals surface area contributed by atoms with Crippen molar-refractivity contribution in [2.24, 2.45) is 0 Å². The first-order valence-electron chi connectivity index (χ1n) is 8.74. The van der Waals surface area contributed by atoms with Crippen molar-refractivity contribution in [3.05, 3.63) is 17.9 Å². The summed E-state index contributed by atoms with van der Waals surface area (Å²) in [5, 5.41) is 2.84. The van der Waals surface area contributed by atoms with Crippen molar-refractivity contribution in [3.63, 3.8) is 0 Å². The van der Waals surface area contributed by atoms with Crippen LogP contribution in [0.1, 0.15) is 12.8 Å². The summed E-state index contributed by atoms with van der Waals surface area (Å²) in [6, 6.07) is 0. The van der Waals surface area contributed by atoms with Gasteiger partial charge in [-0.05, 0) is 0 Å². The van der Waals surface area contributed by atoms with Crippen LogP contribution in [0, 0.1) is 0 Å². The maximum atomic E-state index is 12.3. The molecule has 0 aromatic rings. The zero-order valence-corrected chi connectivity index (χ0v) is 24.0. The molecular weight excluding hydrogens is 660 g/mol. The van der Waals surface area contributed by atoms with Gasteiger partial charge in [-0.3, -0.25) is 0 Å². The van der Waals surface area contributed by atoms with Gasteiger partial charge in [-0.15, -0.1) is 0 Å². The fourth-order valence-corrected chi connectivity index (χ4v) is 14.1. The summed E-state index contributed by atoms with van der Waals surface area (Å²) in [5.74, 6) is -1.88. The normalized spacial score (nSPS) is 21.7. The van der Waals surface area contributed by atoms with Crippen molar-refractivity contribution in [3.8, 4) is 0 Å².